The van der Waals surface area contributed by atoms with Crippen LogP contribution in [0.1, 0.15) is 11.1 Å². The number of hydrogen-bond donors (Lipinski definition) is 1. The molecule has 0 fully saturated rings. The number of rotatable bonds is 3. The highest BCUT2D eigenvalue weighted by Crippen LogP contribution is 2.41. The molecule has 3 rings (SSSR count). The maximum atomic E-state index is 9.61. The first-order valence-electron chi connectivity index (χ1n) is 7.77. The van der Waals surface area contributed by atoms with Crippen molar-refractivity contribution in [2.75, 3.05) is 12.8 Å². The molecule has 3 aromatic rings. The molecule has 2 aromatic carbocycles. The summed E-state index contributed by atoms with van der Waals surface area (Å²) in [6.45, 7) is 1.89. The quantitative estimate of drug-likeness (QED) is 0.648. The van der Waals surface area contributed by atoms with Crippen LogP contribution in [0.4, 0.5) is 5.82 Å². The van der Waals surface area contributed by atoms with Crippen LogP contribution in [0.25, 0.3) is 22.4 Å². The Morgan fingerprint density at radius 2 is 1.81 bits per heavy atom. The van der Waals surface area contributed by atoms with Gasteiger partial charge < -0.3 is 10.5 Å². The Bertz CT molecular complexity index is 1020. The van der Waals surface area contributed by atoms with Gasteiger partial charge in [0.05, 0.1) is 22.8 Å². The van der Waals surface area contributed by atoms with Crippen molar-refractivity contribution in [1.29, 1.82) is 5.26 Å². The first-order chi connectivity index (χ1) is 12.5. The Kier molecular flexibility index (Phi) is 5.03. The molecule has 1 heterocycles. The van der Waals surface area contributed by atoms with Crippen LogP contribution in [0, 0.1) is 18.3 Å². The highest BCUT2D eigenvalue weighted by atomic mass is 35.5. The van der Waals surface area contributed by atoms with Crippen molar-refractivity contribution in [3.63, 3.8) is 0 Å². The number of hydrogen-bond acceptors (Lipinski definition) is 4. The fraction of sp³-hybridized carbons (Fsp3) is 0.100. The third-order valence-corrected chi connectivity index (χ3v) is 4.98. The zero-order valence-electron chi connectivity index (χ0n) is 14.2. The third-order valence-electron chi connectivity index (χ3n) is 4.16. The molecule has 0 saturated heterocycles. The van der Waals surface area contributed by atoms with Gasteiger partial charge in [-0.25, -0.2) is 4.98 Å². The molecule has 0 saturated carbocycles. The summed E-state index contributed by atoms with van der Waals surface area (Å²) in [5, 5.41) is 10.4. The Morgan fingerprint density at radius 1 is 1.12 bits per heavy atom. The second kappa shape index (κ2) is 7.25. The maximum Gasteiger partial charge on any atom is 0.142 e. The van der Waals surface area contributed by atoms with Gasteiger partial charge in [-0.05, 0) is 42.8 Å². The maximum absolute atomic E-state index is 9.61. The number of ether oxygens (including phenoxy) is 1. The predicted molar refractivity (Wildman–Crippen MR) is 106 cm³/mol. The van der Waals surface area contributed by atoms with Crippen molar-refractivity contribution in [2.45, 2.75) is 6.92 Å². The van der Waals surface area contributed by atoms with Crippen LogP contribution >= 0.6 is 23.2 Å². The molecular weight excluding hydrogens is 369 g/mol. The number of nitrogens with zero attached hydrogens (tertiary/aromatic N) is 2. The molecule has 0 aliphatic carbocycles. The molecule has 0 unspecified atom stereocenters. The van der Waals surface area contributed by atoms with Gasteiger partial charge in [-0.3, -0.25) is 0 Å². The van der Waals surface area contributed by atoms with Gasteiger partial charge >= 0.3 is 0 Å². The molecule has 0 aliphatic rings. The summed E-state index contributed by atoms with van der Waals surface area (Å²) in [5.41, 5.74) is 9.99. The number of nitriles is 1. The van der Waals surface area contributed by atoms with E-state index < -0.39 is 0 Å². The highest BCUT2D eigenvalue weighted by molar-refractivity contribution is 6.43. The van der Waals surface area contributed by atoms with E-state index in [0.717, 1.165) is 16.9 Å². The lowest BCUT2D eigenvalue weighted by molar-refractivity contribution is 0.415. The zero-order chi connectivity index (χ0) is 18.8. The van der Waals surface area contributed by atoms with E-state index in [9.17, 15) is 5.26 Å². The second-order valence-corrected chi connectivity index (χ2v) is 6.45. The van der Waals surface area contributed by atoms with Crippen LogP contribution in [0.15, 0.2) is 42.5 Å². The van der Waals surface area contributed by atoms with Gasteiger partial charge in [0.1, 0.15) is 23.2 Å². The minimum absolute atomic E-state index is 0.148. The molecule has 0 radical (unpaired) electrons. The van der Waals surface area contributed by atoms with Crippen molar-refractivity contribution in [3.8, 4) is 34.2 Å². The summed E-state index contributed by atoms with van der Waals surface area (Å²) in [7, 11) is 1.61. The molecule has 0 aliphatic heterocycles. The minimum Gasteiger partial charge on any atom is -0.497 e. The van der Waals surface area contributed by atoms with Crippen LogP contribution in [0.3, 0.4) is 0 Å². The van der Waals surface area contributed by atoms with Crippen LogP contribution in [-0.2, 0) is 0 Å². The van der Waals surface area contributed by atoms with E-state index >= 15 is 0 Å². The van der Waals surface area contributed by atoms with Gasteiger partial charge in [-0.15, -0.1) is 0 Å². The van der Waals surface area contributed by atoms with E-state index in [4.69, 9.17) is 33.7 Å². The van der Waals surface area contributed by atoms with Crippen molar-refractivity contribution in [2.24, 2.45) is 0 Å². The highest BCUT2D eigenvalue weighted by Gasteiger charge is 2.20. The van der Waals surface area contributed by atoms with Crippen LogP contribution in [0.2, 0.25) is 10.0 Å². The van der Waals surface area contributed by atoms with Gasteiger partial charge in [0.25, 0.3) is 0 Å². The van der Waals surface area contributed by atoms with Crippen LogP contribution in [0.5, 0.6) is 5.75 Å². The lowest BCUT2D eigenvalue weighted by Crippen LogP contribution is -2.03. The lowest BCUT2D eigenvalue weighted by Gasteiger charge is -2.16. The summed E-state index contributed by atoms with van der Waals surface area (Å²) in [4.78, 5) is 4.45. The predicted octanol–water partition coefficient (Wildman–Crippen LogP) is 5.49. The normalized spacial score (nSPS) is 10.4. The number of methoxy groups -OCH3 is 1. The van der Waals surface area contributed by atoms with E-state index in [-0.39, 0.29) is 11.4 Å². The van der Waals surface area contributed by atoms with Gasteiger partial charge in [-0.2, -0.15) is 5.26 Å². The molecule has 1 aromatic heterocycles. The first kappa shape index (κ1) is 18.1. The number of benzene rings is 2. The Balaban J connectivity index is 2.31. The summed E-state index contributed by atoms with van der Waals surface area (Å²) in [6.07, 6.45) is 0. The Labute approximate surface area is 161 Å². The average molecular weight is 384 g/mol. The molecule has 2 N–H and O–H groups in total. The topological polar surface area (TPSA) is 71.9 Å². The van der Waals surface area contributed by atoms with E-state index in [0.29, 0.717) is 26.9 Å². The summed E-state index contributed by atoms with van der Waals surface area (Å²) in [5.74, 6) is 0.890. The van der Waals surface area contributed by atoms with E-state index in [1.165, 1.54) is 0 Å². The summed E-state index contributed by atoms with van der Waals surface area (Å²) < 4.78 is 5.20. The Hall–Kier alpha value is -2.74. The molecule has 0 spiro atoms. The van der Waals surface area contributed by atoms with Crippen LogP contribution < -0.4 is 10.5 Å². The molecule has 4 nitrogen and oxygen atoms in total. The molecule has 0 atom stereocenters. The SMILES string of the molecule is COc1ccc(-c2nc(N)c(C#N)c(-c3cccc(Cl)c3Cl)c2C)cc1. The van der Waals surface area contributed by atoms with E-state index in [1.807, 2.05) is 37.3 Å². The minimum atomic E-state index is 0.148. The fourth-order valence-electron chi connectivity index (χ4n) is 2.87. The van der Waals surface area contributed by atoms with Gasteiger partial charge in [-0.1, -0.05) is 35.3 Å². The van der Waals surface area contributed by atoms with Gasteiger partial charge in [0.15, 0.2) is 0 Å². The standard InChI is InChI=1S/C20H15Cl2N3O/c1-11-17(14-4-3-5-16(21)18(14)22)15(10-23)20(24)25-19(11)12-6-8-13(26-2)9-7-12/h3-9H,1-2H3,(H2,24,25). The number of pyridine rings is 1. The Morgan fingerprint density at radius 3 is 2.42 bits per heavy atom. The zero-order valence-corrected chi connectivity index (χ0v) is 15.7. The molecule has 26 heavy (non-hydrogen) atoms. The molecule has 0 bridgehead atoms. The van der Waals surface area contributed by atoms with E-state index in [2.05, 4.69) is 11.1 Å². The number of aromatic nitrogens is 1. The van der Waals surface area contributed by atoms with Crippen molar-refractivity contribution >= 4 is 29.0 Å². The van der Waals surface area contributed by atoms with Crippen molar-refractivity contribution in [3.05, 3.63) is 63.6 Å². The number of halogens is 2. The average Bonchev–Trinajstić information content (AvgIpc) is 2.65. The van der Waals surface area contributed by atoms with E-state index in [1.54, 1.807) is 19.2 Å². The molecule has 130 valence electrons. The van der Waals surface area contributed by atoms with Crippen molar-refractivity contribution < 1.29 is 4.74 Å². The molecular formula is C20H15Cl2N3O. The number of anilines is 1. The monoisotopic (exact) mass is 383 g/mol. The second-order valence-electron chi connectivity index (χ2n) is 5.66. The summed E-state index contributed by atoms with van der Waals surface area (Å²) >= 11 is 12.6. The number of nitrogens with two attached hydrogens (primary N) is 1. The first-order valence-corrected chi connectivity index (χ1v) is 8.52. The van der Waals surface area contributed by atoms with Crippen LogP contribution in [-0.4, -0.2) is 12.1 Å². The molecule has 6 heteroatoms. The smallest absolute Gasteiger partial charge is 0.142 e. The van der Waals surface area contributed by atoms with Gasteiger partial charge in [0.2, 0.25) is 0 Å². The molecule has 0 amide bonds. The lowest BCUT2D eigenvalue weighted by atomic mass is 9.92. The number of nitrogen functional groups attached to an aromatic ring is 1. The van der Waals surface area contributed by atoms with Gasteiger partial charge in [0, 0.05) is 16.7 Å². The largest absolute Gasteiger partial charge is 0.497 e. The van der Waals surface area contributed by atoms with Crippen molar-refractivity contribution in [1.82, 2.24) is 4.98 Å². The third kappa shape index (κ3) is 3.08. The summed E-state index contributed by atoms with van der Waals surface area (Å²) in [6, 6.07) is 14.9. The fourth-order valence-corrected chi connectivity index (χ4v) is 3.27.